The number of benzene rings is 2. The van der Waals surface area contributed by atoms with E-state index in [2.05, 4.69) is 15.9 Å². The average Bonchev–Trinajstić information content (AvgIpc) is 2.32. The van der Waals surface area contributed by atoms with Gasteiger partial charge in [0.05, 0.1) is 0 Å². The second-order valence-electron chi connectivity index (χ2n) is 3.98. The number of carboxylic acid groups (broad SMARTS) is 1. The van der Waals surface area contributed by atoms with Gasteiger partial charge in [-0.1, -0.05) is 22.0 Å². The molecule has 0 aromatic heterocycles. The first kappa shape index (κ1) is 13.5. The summed E-state index contributed by atoms with van der Waals surface area (Å²) in [7, 11) is 0. The lowest BCUT2D eigenvalue weighted by molar-refractivity contribution is 0.0694. The number of hydrogen-bond donors (Lipinski definition) is 1. The molecule has 0 heterocycles. The molecule has 0 aliphatic heterocycles. The molecule has 0 unspecified atom stereocenters. The summed E-state index contributed by atoms with van der Waals surface area (Å²) in [4.78, 5) is 11.1. The summed E-state index contributed by atoms with van der Waals surface area (Å²) >= 11 is 3.14. The molecule has 5 heteroatoms. The van der Waals surface area contributed by atoms with Crippen molar-refractivity contribution in [2.75, 3.05) is 0 Å². The Morgan fingerprint density at radius 2 is 1.95 bits per heavy atom. The van der Waals surface area contributed by atoms with Gasteiger partial charge in [0.15, 0.2) is 11.6 Å². The molecule has 0 atom stereocenters. The SMILES string of the molecule is Cc1ccc(C(=O)O)c(Oc2ccc(Br)cc2F)c1. The predicted molar refractivity (Wildman–Crippen MR) is 72.3 cm³/mol. The first-order chi connectivity index (χ1) is 8.97. The number of aromatic carboxylic acids is 1. The van der Waals surface area contributed by atoms with Crippen LogP contribution in [-0.4, -0.2) is 11.1 Å². The molecule has 0 spiro atoms. The summed E-state index contributed by atoms with van der Waals surface area (Å²) in [5.74, 6) is -1.58. The Balaban J connectivity index is 2.42. The normalized spacial score (nSPS) is 10.3. The standard InChI is InChI=1S/C14H10BrFO3/c1-8-2-4-10(14(17)18)13(6-8)19-12-5-3-9(15)7-11(12)16/h2-7H,1H3,(H,17,18). The Morgan fingerprint density at radius 1 is 1.21 bits per heavy atom. The maximum atomic E-state index is 13.7. The van der Waals surface area contributed by atoms with E-state index in [1.165, 1.54) is 18.2 Å². The van der Waals surface area contributed by atoms with E-state index in [4.69, 9.17) is 9.84 Å². The topological polar surface area (TPSA) is 46.5 Å². The summed E-state index contributed by atoms with van der Waals surface area (Å²) in [5.41, 5.74) is 0.824. The summed E-state index contributed by atoms with van der Waals surface area (Å²) in [6, 6.07) is 8.97. The zero-order chi connectivity index (χ0) is 14.0. The largest absolute Gasteiger partial charge is 0.478 e. The number of carboxylic acids is 1. The fraction of sp³-hybridized carbons (Fsp3) is 0.0714. The van der Waals surface area contributed by atoms with Crippen LogP contribution in [0.3, 0.4) is 0 Å². The highest BCUT2D eigenvalue weighted by molar-refractivity contribution is 9.10. The van der Waals surface area contributed by atoms with Crippen molar-refractivity contribution in [2.24, 2.45) is 0 Å². The molecule has 0 saturated heterocycles. The van der Waals surface area contributed by atoms with Crippen LogP contribution in [0.2, 0.25) is 0 Å². The van der Waals surface area contributed by atoms with Crippen molar-refractivity contribution in [3.05, 3.63) is 57.8 Å². The number of rotatable bonds is 3. The van der Waals surface area contributed by atoms with E-state index in [9.17, 15) is 9.18 Å². The second-order valence-corrected chi connectivity index (χ2v) is 4.90. The van der Waals surface area contributed by atoms with Crippen molar-refractivity contribution in [3.63, 3.8) is 0 Å². The van der Waals surface area contributed by atoms with E-state index in [1.807, 2.05) is 0 Å². The van der Waals surface area contributed by atoms with Crippen molar-refractivity contribution in [1.82, 2.24) is 0 Å². The zero-order valence-corrected chi connectivity index (χ0v) is 11.6. The summed E-state index contributed by atoms with van der Waals surface area (Å²) < 4.78 is 19.6. The van der Waals surface area contributed by atoms with Gasteiger partial charge < -0.3 is 9.84 Å². The van der Waals surface area contributed by atoms with E-state index < -0.39 is 11.8 Å². The maximum Gasteiger partial charge on any atom is 0.339 e. The van der Waals surface area contributed by atoms with Gasteiger partial charge in [0.25, 0.3) is 0 Å². The Morgan fingerprint density at radius 3 is 2.58 bits per heavy atom. The molecular formula is C14H10BrFO3. The molecule has 0 saturated carbocycles. The smallest absolute Gasteiger partial charge is 0.339 e. The van der Waals surface area contributed by atoms with Crippen LogP contribution in [0.4, 0.5) is 4.39 Å². The minimum atomic E-state index is -1.12. The molecule has 98 valence electrons. The maximum absolute atomic E-state index is 13.7. The van der Waals surface area contributed by atoms with Crippen LogP contribution in [0.5, 0.6) is 11.5 Å². The van der Waals surface area contributed by atoms with Crippen LogP contribution in [-0.2, 0) is 0 Å². The molecule has 2 rings (SSSR count). The third-order valence-corrected chi connectivity index (χ3v) is 2.97. The number of hydrogen-bond acceptors (Lipinski definition) is 2. The lowest BCUT2D eigenvalue weighted by atomic mass is 10.1. The Labute approximate surface area is 117 Å². The van der Waals surface area contributed by atoms with Gasteiger partial charge in [0, 0.05) is 4.47 Å². The Hall–Kier alpha value is -1.88. The average molecular weight is 325 g/mol. The van der Waals surface area contributed by atoms with Crippen molar-refractivity contribution in [3.8, 4) is 11.5 Å². The minimum Gasteiger partial charge on any atom is -0.478 e. The molecule has 0 aliphatic rings. The Bertz CT molecular complexity index is 641. The van der Waals surface area contributed by atoms with Crippen LogP contribution >= 0.6 is 15.9 Å². The molecule has 0 fully saturated rings. The fourth-order valence-corrected chi connectivity index (χ4v) is 1.90. The van der Waals surface area contributed by atoms with Crippen molar-refractivity contribution >= 4 is 21.9 Å². The third-order valence-electron chi connectivity index (χ3n) is 2.48. The number of ether oxygens (including phenoxy) is 1. The molecule has 1 N–H and O–H groups in total. The molecule has 0 amide bonds. The number of aryl methyl sites for hydroxylation is 1. The summed E-state index contributed by atoms with van der Waals surface area (Å²) in [6.07, 6.45) is 0. The van der Waals surface area contributed by atoms with E-state index in [-0.39, 0.29) is 17.1 Å². The molecule has 2 aromatic carbocycles. The molecule has 2 aromatic rings. The van der Waals surface area contributed by atoms with E-state index in [1.54, 1.807) is 25.1 Å². The van der Waals surface area contributed by atoms with Gasteiger partial charge in [-0.2, -0.15) is 0 Å². The summed E-state index contributed by atoms with van der Waals surface area (Å²) in [6.45, 7) is 1.80. The van der Waals surface area contributed by atoms with Crippen molar-refractivity contribution in [2.45, 2.75) is 6.92 Å². The van der Waals surface area contributed by atoms with Gasteiger partial charge in [-0.05, 0) is 42.8 Å². The van der Waals surface area contributed by atoms with E-state index >= 15 is 0 Å². The fourth-order valence-electron chi connectivity index (χ4n) is 1.57. The first-order valence-electron chi connectivity index (χ1n) is 5.44. The van der Waals surface area contributed by atoms with Crippen LogP contribution in [0.1, 0.15) is 15.9 Å². The lowest BCUT2D eigenvalue weighted by Gasteiger charge is -2.10. The van der Waals surface area contributed by atoms with Crippen molar-refractivity contribution < 1.29 is 19.0 Å². The molecule has 3 nitrogen and oxygen atoms in total. The predicted octanol–water partition coefficient (Wildman–Crippen LogP) is 4.39. The van der Waals surface area contributed by atoms with Crippen LogP contribution in [0, 0.1) is 12.7 Å². The molecule has 0 aliphatic carbocycles. The van der Waals surface area contributed by atoms with Gasteiger partial charge in [0.2, 0.25) is 0 Å². The minimum absolute atomic E-state index is 0.00656. The second kappa shape index (κ2) is 5.40. The number of halogens is 2. The van der Waals surface area contributed by atoms with Crippen LogP contribution < -0.4 is 4.74 Å². The lowest BCUT2D eigenvalue weighted by Crippen LogP contribution is -2.01. The van der Waals surface area contributed by atoms with E-state index in [0.29, 0.717) is 4.47 Å². The molecular weight excluding hydrogens is 315 g/mol. The van der Waals surface area contributed by atoms with E-state index in [0.717, 1.165) is 5.56 Å². The van der Waals surface area contributed by atoms with Gasteiger partial charge >= 0.3 is 5.97 Å². The number of carbonyl (C=O) groups is 1. The molecule has 0 radical (unpaired) electrons. The highest BCUT2D eigenvalue weighted by Crippen LogP contribution is 2.30. The highest BCUT2D eigenvalue weighted by Gasteiger charge is 2.14. The summed E-state index contributed by atoms with van der Waals surface area (Å²) in [5, 5.41) is 9.07. The van der Waals surface area contributed by atoms with Gasteiger partial charge in [-0.25, -0.2) is 9.18 Å². The quantitative estimate of drug-likeness (QED) is 0.910. The van der Waals surface area contributed by atoms with Crippen molar-refractivity contribution in [1.29, 1.82) is 0 Å². The molecule has 0 bridgehead atoms. The van der Waals surface area contributed by atoms with Gasteiger partial charge in [-0.3, -0.25) is 0 Å². The van der Waals surface area contributed by atoms with Gasteiger partial charge in [0.1, 0.15) is 11.3 Å². The highest BCUT2D eigenvalue weighted by atomic mass is 79.9. The molecule has 19 heavy (non-hydrogen) atoms. The Kier molecular flexibility index (Phi) is 3.85. The van der Waals surface area contributed by atoms with Crippen LogP contribution in [0.25, 0.3) is 0 Å². The first-order valence-corrected chi connectivity index (χ1v) is 6.23. The third kappa shape index (κ3) is 3.12. The van der Waals surface area contributed by atoms with Crippen LogP contribution in [0.15, 0.2) is 40.9 Å². The van der Waals surface area contributed by atoms with Gasteiger partial charge in [-0.15, -0.1) is 0 Å². The monoisotopic (exact) mass is 324 g/mol. The zero-order valence-electron chi connectivity index (χ0n) is 9.98.